The van der Waals surface area contributed by atoms with Crippen molar-refractivity contribution < 1.29 is 9.90 Å². The van der Waals surface area contributed by atoms with Crippen molar-refractivity contribution in [2.45, 2.75) is 32.7 Å². The number of aromatic nitrogens is 4. The molecule has 0 radical (unpaired) electrons. The molecule has 2 rings (SSSR count). The van der Waals surface area contributed by atoms with Gasteiger partial charge in [-0.15, -0.1) is 5.10 Å². The summed E-state index contributed by atoms with van der Waals surface area (Å²) in [7, 11) is 0. The molecule has 0 spiro atoms. The van der Waals surface area contributed by atoms with Gasteiger partial charge in [0, 0.05) is 17.8 Å². The largest absolute Gasteiger partial charge is 0.476 e. The van der Waals surface area contributed by atoms with E-state index in [1.54, 1.807) is 23.1 Å². The fourth-order valence-corrected chi connectivity index (χ4v) is 2.18. The van der Waals surface area contributed by atoms with E-state index in [9.17, 15) is 9.90 Å². The summed E-state index contributed by atoms with van der Waals surface area (Å²) in [6, 6.07) is 1.77. The average Bonchev–Trinajstić information content (AvgIpc) is 2.76. The molecule has 7 heteroatoms. The highest BCUT2D eigenvalue weighted by Gasteiger charge is 2.29. The first-order valence-electron chi connectivity index (χ1n) is 6.06. The molecule has 20 heavy (non-hydrogen) atoms. The molecule has 2 aromatic rings. The van der Waals surface area contributed by atoms with Crippen LogP contribution in [0.1, 0.15) is 42.5 Å². The second-order valence-corrected chi connectivity index (χ2v) is 5.87. The van der Waals surface area contributed by atoms with Crippen molar-refractivity contribution in [3.63, 3.8) is 0 Å². The maximum atomic E-state index is 11.2. The predicted molar refractivity (Wildman–Crippen MR) is 74.0 cm³/mol. The monoisotopic (exact) mass is 294 g/mol. The molecule has 0 aliphatic heterocycles. The topological polar surface area (TPSA) is 80.9 Å². The van der Waals surface area contributed by atoms with Crippen molar-refractivity contribution in [3.05, 3.63) is 40.4 Å². The van der Waals surface area contributed by atoms with E-state index in [1.807, 2.05) is 20.8 Å². The van der Waals surface area contributed by atoms with E-state index in [1.165, 1.54) is 0 Å². The molecule has 0 saturated heterocycles. The van der Waals surface area contributed by atoms with Gasteiger partial charge >= 0.3 is 5.97 Å². The number of aromatic carboxylic acids is 1. The van der Waals surface area contributed by atoms with Gasteiger partial charge in [0.1, 0.15) is 0 Å². The van der Waals surface area contributed by atoms with E-state index in [2.05, 4.69) is 15.3 Å². The molecule has 0 bridgehead atoms. The van der Waals surface area contributed by atoms with Gasteiger partial charge in [-0.2, -0.15) is 0 Å². The van der Waals surface area contributed by atoms with Gasteiger partial charge in [0.05, 0.1) is 17.3 Å². The van der Waals surface area contributed by atoms with Crippen LogP contribution in [0.25, 0.3) is 0 Å². The van der Waals surface area contributed by atoms with E-state index < -0.39 is 11.4 Å². The van der Waals surface area contributed by atoms with Crippen LogP contribution in [0.15, 0.2) is 18.5 Å². The van der Waals surface area contributed by atoms with Crippen LogP contribution in [0.2, 0.25) is 5.02 Å². The maximum Gasteiger partial charge on any atom is 0.358 e. The molecule has 0 unspecified atom stereocenters. The molecule has 0 fully saturated rings. The maximum absolute atomic E-state index is 11.2. The summed E-state index contributed by atoms with van der Waals surface area (Å²) in [5.41, 5.74) is 0.964. The summed E-state index contributed by atoms with van der Waals surface area (Å²) >= 11 is 6.07. The Hall–Kier alpha value is -1.95. The van der Waals surface area contributed by atoms with E-state index in [4.69, 9.17) is 11.6 Å². The molecule has 0 aromatic carbocycles. The van der Waals surface area contributed by atoms with Crippen molar-refractivity contribution in [1.29, 1.82) is 0 Å². The van der Waals surface area contributed by atoms with Crippen LogP contribution in [-0.2, 0) is 12.0 Å². The number of carbonyl (C=O) groups is 1. The molecule has 0 aliphatic rings. The van der Waals surface area contributed by atoms with E-state index in [0.29, 0.717) is 17.3 Å². The Bertz CT molecular complexity index is 646. The third-order valence-corrected chi connectivity index (χ3v) is 3.16. The van der Waals surface area contributed by atoms with Gasteiger partial charge in [-0.05, 0) is 11.6 Å². The average molecular weight is 295 g/mol. The minimum absolute atomic E-state index is 0.0253. The summed E-state index contributed by atoms with van der Waals surface area (Å²) in [5, 5.41) is 17.4. The number of carboxylic acid groups (broad SMARTS) is 1. The van der Waals surface area contributed by atoms with Crippen LogP contribution in [0.4, 0.5) is 0 Å². The predicted octanol–water partition coefficient (Wildman–Crippen LogP) is 2.37. The van der Waals surface area contributed by atoms with Crippen LogP contribution < -0.4 is 0 Å². The Morgan fingerprint density at radius 1 is 1.45 bits per heavy atom. The molecule has 6 nitrogen and oxygen atoms in total. The van der Waals surface area contributed by atoms with Crippen molar-refractivity contribution in [1.82, 2.24) is 20.0 Å². The lowest BCUT2D eigenvalue weighted by Crippen LogP contribution is -2.22. The lowest BCUT2D eigenvalue weighted by molar-refractivity contribution is 0.0687. The Balaban J connectivity index is 2.48. The van der Waals surface area contributed by atoms with Crippen molar-refractivity contribution in [2.24, 2.45) is 0 Å². The first kappa shape index (κ1) is 14.5. The van der Waals surface area contributed by atoms with Gasteiger partial charge in [-0.1, -0.05) is 37.6 Å². The van der Waals surface area contributed by atoms with Crippen LogP contribution >= 0.6 is 11.6 Å². The van der Waals surface area contributed by atoms with Gasteiger partial charge in [0.15, 0.2) is 5.69 Å². The second kappa shape index (κ2) is 5.20. The molecule has 2 heterocycles. The molecule has 0 amide bonds. The summed E-state index contributed by atoms with van der Waals surface area (Å²) in [6.07, 6.45) is 3.18. The molecule has 2 aromatic heterocycles. The zero-order valence-corrected chi connectivity index (χ0v) is 12.2. The summed E-state index contributed by atoms with van der Waals surface area (Å²) in [6.45, 7) is 6.11. The third kappa shape index (κ3) is 2.80. The Labute approximate surface area is 121 Å². The Morgan fingerprint density at radius 2 is 2.15 bits per heavy atom. The smallest absolute Gasteiger partial charge is 0.358 e. The molecular formula is C13H15ClN4O2. The minimum Gasteiger partial charge on any atom is -0.476 e. The zero-order valence-electron chi connectivity index (χ0n) is 11.5. The van der Waals surface area contributed by atoms with E-state index >= 15 is 0 Å². The normalized spacial score (nSPS) is 11.6. The van der Waals surface area contributed by atoms with Crippen molar-refractivity contribution in [2.75, 3.05) is 0 Å². The van der Waals surface area contributed by atoms with Crippen LogP contribution in [0, 0.1) is 0 Å². The number of pyridine rings is 1. The molecular weight excluding hydrogens is 280 g/mol. The van der Waals surface area contributed by atoms with Gasteiger partial charge in [0.2, 0.25) is 0 Å². The quantitative estimate of drug-likeness (QED) is 0.940. The second-order valence-electron chi connectivity index (χ2n) is 5.47. The minimum atomic E-state index is -1.08. The van der Waals surface area contributed by atoms with Crippen molar-refractivity contribution >= 4 is 17.6 Å². The lowest BCUT2D eigenvalue weighted by Gasteiger charge is -2.20. The summed E-state index contributed by atoms with van der Waals surface area (Å²) in [5.74, 6) is -1.08. The van der Waals surface area contributed by atoms with Gasteiger partial charge in [-0.25, -0.2) is 9.48 Å². The van der Waals surface area contributed by atoms with E-state index in [-0.39, 0.29) is 5.69 Å². The number of hydrogen-bond acceptors (Lipinski definition) is 4. The SMILES string of the molecule is CC(C)(C)c1c(C(=O)O)nnn1Cc1ccncc1Cl. The van der Waals surface area contributed by atoms with Gasteiger partial charge < -0.3 is 5.11 Å². The van der Waals surface area contributed by atoms with Gasteiger partial charge in [0.25, 0.3) is 0 Å². The first-order chi connectivity index (χ1) is 9.30. The molecule has 0 saturated carbocycles. The molecule has 0 aliphatic carbocycles. The highest BCUT2D eigenvalue weighted by atomic mass is 35.5. The summed E-state index contributed by atoms with van der Waals surface area (Å²) < 4.78 is 1.57. The Morgan fingerprint density at radius 3 is 2.70 bits per heavy atom. The van der Waals surface area contributed by atoms with Crippen LogP contribution in [0.5, 0.6) is 0 Å². The number of rotatable bonds is 3. The number of hydrogen-bond donors (Lipinski definition) is 1. The zero-order chi connectivity index (χ0) is 14.9. The fourth-order valence-electron chi connectivity index (χ4n) is 2.00. The number of carboxylic acids is 1. The first-order valence-corrected chi connectivity index (χ1v) is 6.44. The van der Waals surface area contributed by atoms with Crippen LogP contribution in [0.3, 0.4) is 0 Å². The Kier molecular flexibility index (Phi) is 3.76. The van der Waals surface area contributed by atoms with E-state index in [0.717, 1.165) is 5.56 Å². The van der Waals surface area contributed by atoms with Crippen LogP contribution in [-0.4, -0.2) is 31.1 Å². The highest BCUT2D eigenvalue weighted by Crippen LogP contribution is 2.26. The lowest BCUT2D eigenvalue weighted by atomic mass is 9.90. The van der Waals surface area contributed by atoms with Gasteiger partial charge in [-0.3, -0.25) is 4.98 Å². The van der Waals surface area contributed by atoms with Crippen molar-refractivity contribution in [3.8, 4) is 0 Å². The highest BCUT2D eigenvalue weighted by molar-refractivity contribution is 6.31. The standard InChI is InChI=1S/C13H15ClN4O2/c1-13(2,3)11-10(12(19)20)16-17-18(11)7-8-4-5-15-6-9(8)14/h4-6H,7H2,1-3H3,(H,19,20). The molecule has 1 N–H and O–H groups in total. The molecule has 0 atom stereocenters. The number of nitrogens with zero attached hydrogens (tertiary/aromatic N) is 4. The third-order valence-electron chi connectivity index (χ3n) is 2.82. The molecule has 106 valence electrons. The summed E-state index contributed by atoms with van der Waals surface area (Å²) in [4.78, 5) is 15.2. The number of halogens is 1. The fraction of sp³-hybridized carbons (Fsp3) is 0.385.